The van der Waals surface area contributed by atoms with E-state index in [-0.39, 0.29) is 0 Å². The monoisotopic (exact) mass is 283 g/mol. The van der Waals surface area contributed by atoms with Crippen molar-refractivity contribution in [1.82, 2.24) is 9.97 Å². The molecule has 5 nitrogen and oxygen atoms in total. The summed E-state index contributed by atoms with van der Waals surface area (Å²) in [4.78, 5) is 8.56. The Morgan fingerprint density at radius 3 is 2.67 bits per heavy atom. The van der Waals surface area contributed by atoms with E-state index in [4.69, 9.17) is 14.7 Å². The number of hydrogen-bond acceptors (Lipinski definition) is 5. The summed E-state index contributed by atoms with van der Waals surface area (Å²) in [6, 6.07) is 5.85. The van der Waals surface area contributed by atoms with Gasteiger partial charge in [0.15, 0.2) is 11.5 Å². The summed E-state index contributed by atoms with van der Waals surface area (Å²) >= 11 is 0. The zero-order valence-corrected chi connectivity index (χ0v) is 12.2. The molecule has 5 heteroatoms. The lowest BCUT2D eigenvalue weighted by molar-refractivity contribution is 0.356. The number of fused-ring (bicyclic) bond motifs is 1. The van der Waals surface area contributed by atoms with Crippen molar-refractivity contribution in [3.63, 3.8) is 0 Å². The number of nitriles is 1. The van der Waals surface area contributed by atoms with Crippen LogP contribution in [0.5, 0.6) is 11.5 Å². The van der Waals surface area contributed by atoms with Gasteiger partial charge in [-0.2, -0.15) is 5.26 Å². The molecular weight excluding hydrogens is 266 g/mol. The van der Waals surface area contributed by atoms with E-state index in [1.807, 2.05) is 24.3 Å². The Hall–Kier alpha value is -2.61. The van der Waals surface area contributed by atoms with Crippen molar-refractivity contribution >= 4 is 17.0 Å². The number of nitrogens with zero attached hydrogens (tertiary/aromatic N) is 3. The van der Waals surface area contributed by atoms with Gasteiger partial charge >= 0.3 is 0 Å². The summed E-state index contributed by atoms with van der Waals surface area (Å²) in [5, 5.41) is 9.42. The van der Waals surface area contributed by atoms with Crippen molar-refractivity contribution < 1.29 is 9.47 Å². The Morgan fingerprint density at radius 2 is 1.95 bits per heavy atom. The summed E-state index contributed by atoms with van der Waals surface area (Å²) in [5.41, 5.74) is 1.64. The van der Waals surface area contributed by atoms with Gasteiger partial charge in [-0.15, -0.1) is 0 Å². The SMILES string of the molecule is COc1cc2ncnc(/C=C/CCCC#N)c2cc1OC. The minimum Gasteiger partial charge on any atom is -0.493 e. The van der Waals surface area contributed by atoms with Crippen LogP contribution < -0.4 is 9.47 Å². The average molecular weight is 283 g/mol. The fourth-order valence-electron chi connectivity index (χ4n) is 2.03. The highest BCUT2D eigenvalue weighted by molar-refractivity contribution is 5.88. The molecule has 0 amide bonds. The molecule has 1 heterocycles. The summed E-state index contributed by atoms with van der Waals surface area (Å²) in [7, 11) is 3.20. The zero-order valence-electron chi connectivity index (χ0n) is 12.2. The molecule has 0 aliphatic carbocycles. The maximum absolute atomic E-state index is 8.51. The molecule has 0 saturated carbocycles. The highest BCUT2D eigenvalue weighted by Gasteiger charge is 2.09. The number of rotatable bonds is 6. The third-order valence-corrected chi connectivity index (χ3v) is 3.11. The van der Waals surface area contributed by atoms with Gasteiger partial charge in [0.1, 0.15) is 6.33 Å². The number of benzene rings is 1. The molecule has 21 heavy (non-hydrogen) atoms. The van der Waals surface area contributed by atoms with E-state index in [0.717, 1.165) is 29.4 Å². The smallest absolute Gasteiger partial charge is 0.162 e. The number of aromatic nitrogens is 2. The van der Waals surface area contributed by atoms with Gasteiger partial charge in [0.25, 0.3) is 0 Å². The molecular formula is C16H17N3O2. The molecule has 0 unspecified atom stereocenters. The van der Waals surface area contributed by atoms with Gasteiger partial charge in [-0.05, 0) is 25.0 Å². The molecule has 1 aromatic heterocycles. The summed E-state index contributed by atoms with van der Waals surface area (Å²) in [6.45, 7) is 0. The van der Waals surface area contributed by atoms with E-state index in [2.05, 4.69) is 16.0 Å². The zero-order chi connectivity index (χ0) is 15.1. The predicted molar refractivity (Wildman–Crippen MR) is 81.1 cm³/mol. The molecule has 0 bridgehead atoms. The van der Waals surface area contributed by atoms with Crippen LogP contribution in [0.4, 0.5) is 0 Å². The fourth-order valence-corrected chi connectivity index (χ4v) is 2.03. The Kier molecular flexibility index (Phi) is 5.10. The van der Waals surface area contributed by atoms with Crippen molar-refractivity contribution in [1.29, 1.82) is 5.26 Å². The highest BCUT2D eigenvalue weighted by atomic mass is 16.5. The van der Waals surface area contributed by atoms with Crippen molar-refractivity contribution in [2.24, 2.45) is 0 Å². The standard InChI is InChI=1S/C16H17N3O2/c1-20-15-9-12-13(7-5-3-4-6-8-17)18-11-19-14(12)10-16(15)21-2/h5,7,9-11H,3-4,6H2,1-2H3/b7-5+. The lowest BCUT2D eigenvalue weighted by atomic mass is 10.1. The Labute approximate surface area is 123 Å². The molecule has 2 rings (SSSR count). The topological polar surface area (TPSA) is 68.0 Å². The molecule has 0 radical (unpaired) electrons. The van der Waals surface area contributed by atoms with Crippen LogP contribution in [0.2, 0.25) is 0 Å². The fraction of sp³-hybridized carbons (Fsp3) is 0.312. The van der Waals surface area contributed by atoms with Crippen LogP contribution in [0.25, 0.3) is 17.0 Å². The normalized spacial score (nSPS) is 10.7. The van der Waals surface area contributed by atoms with E-state index in [9.17, 15) is 0 Å². The van der Waals surface area contributed by atoms with Crippen LogP contribution in [0.15, 0.2) is 24.5 Å². The third-order valence-electron chi connectivity index (χ3n) is 3.11. The molecule has 0 aliphatic rings. The maximum Gasteiger partial charge on any atom is 0.162 e. The van der Waals surface area contributed by atoms with E-state index < -0.39 is 0 Å². The van der Waals surface area contributed by atoms with E-state index in [0.29, 0.717) is 17.9 Å². The lowest BCUT2D eigenvalue weighted by Crippen LogP contribution is -1.94. The second-order valence-corrected chi connectivity index (χ2v) is 4.44. The Morgan fingerprint density at radius 1 is 1.19 bits per heavy atom. The predicted octanol–water partition coefficient (Wildman–Crippen LogP) is 3.35. The molecule has 0 atom stereocenters. The van der Waals surface area contributed by atoms with Crippen LogP contribution >= 0.6 is 0 Å². The largest absolute Gasteiger partial charge is 0.493 e. The minimum atomic E-state index is 0.569. The first-order valence-corrected chi connectivity index (χ1v) is 6.70. The average Bonchev–Trinajstić information content (AvgIpc) is 2.53. The Balaban J connectivity index is 2.34. The van der Waals surface area contributed by atoms with Gasteiger partial charge in [0.05, 0.1) is 31.5 Å². The van der Waals surface area contributed by atoms with Crippen LogP contribution in [0.3, 0.4) is 0 Å². The van der Waals surface area contributed by atoms with E-state index in [1.165, 1.54) is 6.33 Å². The molecule has 1 aromatic carbocycles. The van der Waals surface area contributed by atoms with Crippen LogP contribution in [-0.4, -0.2) is 24.2 Å². The van der Waals surface area contributed by atoms with Crippen molar-refractivity contribution in [2.75, 3.05) is 14.2 Å². The number of allylic oxidation sites excluding steroid dienone is 1. The van der Waals surface area contributed by atoms with E-state index in [1.54, 1.807) is 14.2 Å². The summed E-state index contributed by atoms with van der Waals surface area (Å²) in [5.74, 6) is 1.30. The molecule has 0 spiro atoms. The number of ether oxygens (including phenoxy) is 2. The number of hydrogen-bond donors (Lipinski definition) is 0. The molecule has 0 aliphatic heterocycles. The van der Waals surface area contributed by atoms with Crippen molar-refractivity contribution in [3.05, 3.63) is 30.2 Å². The maximum atomic E-state index is 8.51. The third kappa shape index (κ3) is 3.48. The van der Waals surface area contributed by atoms with Gasteiger partial charge in [-0.1, -0.05) is 6.08 Å². The van der Waals surface area contributed by atoms with Gasteiger partial charge < -0.3 is 9.47 Å². The van der Waals surface area contributed by atoms with Crippen LogP contribution in [0, 0.1) is 11.3 Å². The first kappa shape index (κ1) is 14.8. The second kappa shape index (κ2) is 7.25. The van der Waals surface area contributed by atoms with Crippen LogP contribution in [-0.2, 0) is 0 Å². The van der Waals surface area contributed by atoms with Gasteiger partial charge in [0.2, 0.25) is 0 Å². The molecule has 108 valence electrons. The first-order valence-electron chi connectivity index (χ1n) is 6.70. The summed E-state index contributed by atoms with van der Waals surface area (Å²) < 4.78 is 10.6. The quantitative estimate of drug-likeness (QED) is 0.760. The van der Waals surface area contributed by atoms with Crippen LogP contribution in [0.1, 0.15) is 25.0 Å². The number of methoxy groups -OCH3 is 2. The van der Waals surface area contributed by atoms with Gasteiger partial charge in [-0.25, -0.2) is 9.97 Å². The molecule has 0 fully saturated rings. The Bertz CT molecular complexity index is 690. The molecule has 2 aromatic rings. The minimum absolute atomic E-state index is 0.569. The second-order valence-electron chi connectivity index (χ2n) is 4.44. The van der Waals surface area contributed by atoms with Gasteiger partial charge in [-0.3, -0.25) is 0 Å². The number of unbranched alkanes of at least 4 members (excludes halogenated alkanes) is 2. The van der Waals surface area contributed by atoms with E-state index >= 15 is 0 Å². The molecule has 0 N–H and O–H groups in total. The van der Waals surface area contributed by atoms with Crippen molar-refractivity contribution in [2.45, 2.75) is 19.3 Å². The first-order chi connectivity index (χ1) is 10.3. The van der Waals surface area contributed by atoms with Gasteiger partial charge in [0, 0.05) is 17.9 Å². The summed E-state index contributed by atoms with van der Waals surface area (Å²) in [6.07, 6.45) is 7.78. The molecule has 0 saturated heterocycles. The van der Waals surface area contributed by atoms with Crippen molar-refractivity contribution in [3.8, 4) is 17.6 Å². The lowest BCUT2D eigenvalue weighted by Gasteiger charge is -2.09. The highest BCUT2D eigenvalue weighted by Crippen LogP contribution is 2.32.